The summed E-state index contributed by atoms with van der Waals surface area (Å²) in [6.07, 6.45) is -5.00. The fourth-order valence-corrected chi connectivity index (χ4v) is 1.95. The molecule has 0 aromatic heterocycles. The van der Waals surface area contributed by atoms with Gasteiger partial charge in [0.2, 0.25) is 0 Å². The highest BCUT2D eigenvalue weighted by atomic mass is 35.5. The van der Waals surface area contributed by atoms with Crippen molar-refractivity contribution in [1.29, 1.82) is 0 Å². The smallest absolute Gasteiger partial charge is 0.389 e. The number of rotatable bonds is 5. The molecule has 1 aromatic rings. The summed E-state index contributed by atoms with van der Waals surface area (Å²) in [6, 6.07) is 4.60. The van der Waals surface area contributed by atoms with E-state index in [4.69, 9.17) is 16.3 Å². The normalized spacial score (nSPS) is 13.4. The number of nitrogens with one attached hydrogen (secondary N) is 1. The topological polar surface area (TPSA) is 21.3 Å². The zero-order valence-corrected chi connectivity index (χ0v) is 10.9. The SMILES string of the molecule is CNC(CCC(F)(F)F)c1ccc(OC)c(Cl)c1. The summed E-state index contributed by atoms with van der Waals surface area (Å²) in [5.41, 5.74) is 0.715. The lowest BCUT2D eigenvalue weighted by molar-refractivity contribution is -0.136. The van der Waals surface area contributed by atoms with Crippen LogP contribution in [-0.2, 0) is 0 Å². The number of benzene rings is 1. The van der Waals surface area contributed by atoms with E-state index in [9.17, 15) is 13.2 Å². The maximum absolute atomic E-state index is 12.2. The molecule has 0 heterocycles. The van der Waals surface area contributed by atoms with Crippen molar-refractivity contribution in [1.82, 2.24) is 5.32 Å². The summed E-state index contributed by atoms with van der Waals surface area (Å²) in [5.74, 6) is 0.506. The molecule has 0 fully saturated rings. The number of ether oxygens (including phenoxy) is 1. The molecular weight excluding hydrogens is 267 g/mol. The number of alkyl halides is 3. The van der Waals surface area contributed by atoms with Crippen molar-refractivity contribution in [3.05, 3.63) is 28.8 Å². The van der Waals surface area contributed by atoms with Crippen LogP contribution in [0.2, 0.25) is 5.02 Å². The van der Waals surface area contributed by atoms with Crippen molar-refractivity contribution >= 4 is 11.6 Å². The third-order valence-electron chi connectivity index (χ3n) is 2.64. The van der Waals surface area contributed by atoms with Crippen LogP contribution in [-0.4, -0.2) is 20.3 Å². The molecule has 0 saturated carbocycles. The molecule has 0 aliphatic rings. The first-order chi connectivity index (χ1) is 8.37. The van der Waals surface area contributed by atoms with Gasteiger partial charge in [0.25, 0.3) is 0 Å². The zero-order valence-electron chi connectivity index (χ0n) is 10.1. The summed E-state index contributed by atoms with van der Waals surface area (Å²) in [5, 5.41) is 3.25. The molecular formula is C12H15ClF3NO. The van der Waals surface area contributed by atoms with Crippen LogP contribution in [0.5, 0.6) is 5.75 Å². The van der Waals surface area contributed by atoms with E-state index < -0.39 is 12.6 Å². The fraction of sp³-hybridized carbons (Fsp3) is 0.500. The minimum absolute atomic E-state index is 0.0251. The van der Waals surface area contributed by atoms with Crippen molar-refractivity contribution in [2.24, 2.45) is 0 Å². The van der Waals surface area contributed by atoms with Gasteiger partial charge in [-0.15, -0.1) is 0 Å². The maximum atomic E-state index is 12.2. The number of hydrogen-bond acceptors (Lipinski definition) is 2. The predicted octanol–water partition coefficient (Wildman–Crippen LogP) is 3.95. The van der Waals surface area contributed by atoms with Gasteiger partial charge < -0.3 is 10.1 Å². The standard InChI is InChI=1S/C12H15ClF3NO/c1-17-10(5-6-12(14,15)16)8-3-4-11(18-2)9(13)7-8/h3-4,7,10,17H,5-6H2,1-2H3. The molecule has 1 aromatic carbocycles. The van der Waals surface area contributed by atoms with Crippen LogP contribution in [0.3, 0.4) is 0 Å². The maximum Gasteiger partial charge on any atom is 0.389 e. The Labute approximate surface area is 109 Å². The van der Waals surface area contributed by atoms with E-state index in [1.54, 1.807) is 25.2 Å². The summed E-state index contributed by atoms with van der Waals surface area (Å²) >= 11 is 5.95. The van der Waals surface area contributed by atoms with Crippen molar-refractivity contribution in [2.75, 3.05) is 14.2 Å². The van der Waals surface area contributed by atoms with Gasteiger partial charge in [0.1, 0.15) is 5.75 Å². The van der Waals surface area contributed by atoms with E-state index >= 15 is 0 Å². The van der Waals surface area contributed by atoms with Gasteiger partial charge >= 0.3 is 6.18 Å². The van der Waals surface area contributed by atoms with Gasteiger partial charge in [-0.05, 0) is 31.2 Å². The molecule has 1 unspecified atom stereocenters. The van der Waals surface area contributed by atoms with Crippen LogP contribution in [0.25, 0.3) is 0 Å². The van der Waals surface area contributed by atoms with E-state index in [-0.39, 0.29) is 12.5 Å². The molecule has 0 aliphatic carbocycles. The molecule has 0 aliphatic heterocycles. The molecule has 6 heteroatoms. The lowest BCUT2D eigenvalue weighted by Gasteiger charge is -2.18. The number of methoxy groups -OCH3 is 1. The third kappa shape index (κ3) is 4.38. The first-order valence-corrected chi connectivity index (χ1v) is 5.82. The van der Waals surface area contributed by atoms with Crippen molar-refractivity contribution in [3.8, 4) is 5.75 Å². The molecule has 2 nitrogen and oxygen atoms in total. The first kappa shape index (κ1) is 15.1. The van der Waals surface area contributed by atoms with Crippen LogP contribution >= 0.6 is 11.6 Å². The predicted molar refractivity (Wildman–Crippen MR) is 65.1 cm³/mol. The number of halogens is 4. The highest BCUT2D eigenvalue weighted by molar-refractivity contribution is 6.32. The average molecular weight is 282 g/mol. The van der Waals surface area contributed by atoms with Crippen LogP contribution in [0.4, 0.5) is 13.2 Å². The molecule has 0 radical (unpaired) electrons. The van der Waals surface area contributed by atoms with Gasteiger partial charge in [-0.3, -0.25) is 0 Å². The van der Waals surface area contributed by atoms with Gasteiger partial charge in [0.05, 0.1) is 12.1 Å². The summed E-state index contributed by atoms with van der Waals surface area (Å²) in [6.45, 7) is 0. The van der Waals surface area contributed by atoms with E-state index in [1.165, 1.54) is 7.11 Å². The van der Waals surface area contributed by atoms with Crippen LogP contribution < -0.4 is 10.1 Å². The molecule has 1 N–H and O–H groups in total. The quantitative estimate of drug-likeness (QED) is 0.882. The van der Waals surface area contributed by atoms with E-state index in [0.717, 1.165) is 0 Å². The summed E-state index contributed by atoms with van der Waals surface area (Å²) in [7, 11) is 3.11. The molecule has 0 saturated heterocycles. The highest BCUT2D eigenvalue weighted by Crippen LogP contribution is 2.31. The summed E-state index contributed by atoms with van der Waals surface area (Å²) < 4.78 is 41.6. The van der Waals surface area contributed by atoms with Crippen molar-refractivity contribution < 1.29 is 17.9 Å². The second-order valence-corrected chi connectivity index (χ2v) is 4.30. The fourth-order valence-electron chi connectivity index (χ4n) is 1.69. The second-order valence-electron chi connectivity index (χ2n) is 3.89. The average Bonchev–Trinajstić information content (AvgIpc) is 2.28. The molecule has 0 bridgehead atoms. The Morgan fingerprint density at radius 3 is 2.50 bits per heavy atom. The highest BCUT2D eigenvalue weighted by Gasteiger charge is 2.28. The molecule has 18 heavy (non-hydrogen) atoms. The number of hydrogen-bond donors (Lipinski definition) is 1. The minimum Gasteiger partial charge on any atom is -0.495 e. The molecule has 0 amide bonds. The summed E-state index contributed by atoms with van der Waals surface area (Å²) in [4.78, 5) is 0. The van der Waals surface area contributed by atoms with Crippen molar-refractivity contribution in [2.45, 2.75) is 25.1 Å². The Bertz CT molecular complexity index is 395. The zero-order chi connectivity index (χ0) is 13.8. The lowest BCUT2D eigenvalue weighted by atomic mass is 10.0. The Balaban J connectivity index is 2.79. The molecule has 102 valence electrons. The Morgan fingerprint density at radius 2 is 2.06 bits per heavy atom. The first-order valence-electron chi connectivity index (χ1n) is 5.45. The molecule has 1 atom stereocenters. The molecule has 0 spiro atoms. The minimum atomic E-state index is -4.15. The molecule has 1 rings (SSSR count). The van der Waals surface area contributed by atoms with Crippen molar-refractivity contribution in [3.63, 3.8) is 0 Å². The third-order valence-corrected chi connectivity index (χ3v) is 2.94. The van der Waals surface area contributed by atoms with E-state index in [1.807, 2.05) is 0 Å². The van der Waals surface area contributed by atoms with Crippen LogP contribution in [0.1, 0.15) is 24.4 Å². The lowest BCUT2D eigenvalue weighted by Crippen LogP contribution is -2.19. The second kappa shape index (κ2) is 6.29. The van der Waals surface area contributed by atoms with Crippen LogP contribution in [0.15, 0.2) is 18.2 Å². The monoisotopic (exact) mass is 281 g/mol. The van der Waals surface area contributed by atoms with Gasteiger partial charge in [-0.25, -0.2) is 0 Å². The van der Waals surface area contributed by atoms with Gasteiger partial charge in [0, 0.05) is 12.5 Å². The van der Waals surface area contributed by atoms with Crippen LogP contribution in [0, 0.1) is 0 Å². The van der Waals surface area contributed by atoms with E-state index in [0.29, 0.717) is 16.3 Å². The largest absolute Gasteiger partial charge is 0.495 e. The Hall–Kier alpha value is -0.940. The van der Waals surface area contributed by atoms with E-state index in [2.05, 4.69) is 5.32 Å². The Morgan fingerprint density at radius 1 is 1.39 bits per heavy atom. The Kier molecular flexibility index (Phi) is 5.28. The van der Waals surface area contributed by atoms with Gasteiger partial charge in [0.15, 0.2) is 0 Å². The van der Waals surface area contributed by atoms with Gasteiger partial charge in [-0.1, -0.05) is 17.7 Å². The van der Waals surface area contributed by atoms with Gasteiger partial charge in [-0.2, -0.15) is 13.2 Å².